The summed E-state index contributed by atoms with van der Waals surface area (Å²) in [6.45, 7) is 0. The molecule has 178 valence electrons. The molecule has 0 aliphatic rings. The lowest BCUT2D eigenvalue weighted by Crippen LogP contribution is -2.16. The second-order valence-electron chi connectivity index (χ2n) is 7.22. The van der Waals surface area contributed by atoms with Crippen LogP contribution in [0.25, 0.3) is 11.0 Å². The Hall–Kier alpha value is -3.96. The van der Waals surface area contributed by atoms with Gasteiger partial charge in [-0.25, -0.2) is 22.2 Å². The van der Waals surface area contributed by atoms with Crippen LogP contribution in [0.3, 0.4) is 0 Å². The summed E-state index contributed by atoms with van der Waals surface area (Å²) in [5.41, 5.74) is -0.853. The summed E-state index contributed by atoms with van der Waals surface area (Å²) < 4.78 is 57.4. The van der Waals surface area contributed by atoms with E-state index in [4.69, 9.17) is 17.0 Å². The van der Waals surface area contributed by atoms with E-state index in [-0.39, 0.29) is 20.9 Å². The monoisotopic (exact) mass is 515 g/mol. The Balaban J connectivity index is 1.66. The normalized spacial score (nSPS) is 11.7. The summed E-state index contributed by atoms with van der Waals surface area (Å²) in [6.07, 6.45) is 5.57. The molecule has 0 radical (unpaired) electrons. The number of hydrogen-bond donors (Lipinski definition) is 3. The van der Waals surface area contributed by atoms with Gasteiger partial charge in [0.2, 0.25) is 5.78 Å². The number of aromatic amines is 1. The first-order valence-corrected chi connectivity index (χ1v) is 11.9. The molecule has 0 saturated heterocycles. The van der Waals surface area contributed by atoms with Crippen LogP contribution in [0.15, 0.2) is 64.7 Å². The fourth-order valence-electron chi connectivity index (χ4n) is 3.27. The number of H-pyrrole nitrogens is 1. The predicted octanol–water partition coefficient (Wildman–Crippen LogP) is 5.27. The van der Waals surface area contributed by atoms with Gasteiger partial charge in [0, 0.05) is 42.2 Å². The molecule has 0 fully saturated rings. The zero-order chi connectivity index (χ0) is 25.2. The second-order valence-corrected chi connectivity index (χ2v) is 9.33. The summed E-state index contributed by atoms with van der Waals surface area (Å²) in [5, 5.41) is 7.44. The molecule has 2 heterocycles. The standard InChI is InChI=1S/C23H16ClF2N5O3S/c24-13-10-16-17(12-30-23(16)29-11-13)22(32)20-18(25)6-7-19(21(20)26)31-35(33,34)15-4-2-14(3-5-15)28-9-1-8-27/h2-12,27,31H,1H2,(H,29,30). The third-order valence-electron chi connectivity index (χ3n) is 4.92. The number of halogens is 3. The van der Waals surface area contributed by atoms with Crippen molar-refractivity contribution in [1.82, 2.24) is 9.97 Å². The molecule has 35 heavy (non-hydrogen) atoms. The molecule has 2 aromatic heterocycles. The predicted molar refractivity (Wildman–Crippen MR) is 130 cm³/mol. The van der Waals surface area contributed by atoms with Gasteiger partial charge in [0.15, 0.2) is 5.82 Å². The van der Waals surface area contributed by atoms with Crippen LogP contribution in [0.5, 0.6) is 0 Å². The fourth-order valence-corrected chi connectivity index (χ4v) is 4.48. The molecule has 4 aromatic rings. The summed E-state index contributed by atoms with van der Waals surface area (Å²) in [6, 6.07) is 8.50. The molecule has 8 nitrogen and oxygen atoms in total. The van der Waals surface area contributed by atoms with E-state index >= 15 is 4.39 Å². The molecule has 2 aromatic carbocycles. The lowest BCUT2D eigenvalue weighted by atomic mass is 10.0. The van der Waals surface area contributed by atoms with Gasteiger partial charge < -0.3 is 10.4 Å². The highest BCUT2D eigenvalue weighted by atomic mass is 35.5. The third-order valence-corrected chi connectivity index (χ3v) is 6.50. The van der Waals surface area contributed by atoms with Crippen LogP contribution in [0, 0.1) is 17.0 Å². The van der Waals surface area contributed by atoms with E-state index in [1.807, 2.05) is 0 Å². The fraction of sp³-hybridized carbons (Fsp3) is 0.0435. The number of pyridine rings is 1. The topological polar surface area (TPSA) is 128 Å². The van der Waals surface area contributed by atoms with Crippen LogP contribution in [0.4, 0.5) is 20.2 Å². The zero-order valence-corrected chi connectivity index (χ0v) is 19.3. The number of anilines is 1. The maximum Gasteiger partial charge on any atom is 0.261 e. The number of ketones is 1. The van der Waals surface area contributed by atoms with Crippen molar-refractivity contribution in [1.29, 1.82) is 5.41 Å². The lowest BCUT2D eigenvalue weighted by Gasteiger charge is -2.12. The number of carbonyl (C=O) groups is 1. The van der Waals surface area contributed by atoms with E-state index in [0.717, 1.165) is 18.3 Å². The minimum Gasteiger partial charge on any atom is -0.345 e. The van der Waals surface area contributed by atoms with Gasteiger partial charge in [-0.05, 0) is 42.5 Å². The van der Waals surface area contributed by atoms with E-state index < -0.39 is 38.7 Å². The van der Waals surface area contributed by atoms with E-state index in [2.05, 4.69) is 19.7 Å². The molecule has 0 unspecified atom stereocenters. The van der Waals surface area contributed by atoms with Crippen LogP contribution < -0.4 is 4.72 Å². The maximum absolute atomic E-state index is 15.3. The number of hydrogen-bond acceptors (Lipinski definition) is 6. The molecular weight excluding hydrogens is 500 g/mol. The molecular formula is C23H16ClF2N5O3S. The molecule has 0 amide bonds. The van der Waals surface area contributed by atoms with Crippen LogP contribution in [-0.4, -0.2) is 36.6 Å². The van der Waals surface area contributed by atoms with Crippen LogP contribution in [0.2, 0.25) is 5.02 Å². The van der Waals surface area contributed by atoms with Gasteiger partial charge in [-0.2, -0.15) is 0 Å². The number of aromatic nitrogens is 2. The Morgan fingerprint density at radius 3 is 2.66 bits per heavy atom. The highest BCUT2D eigenvalue weighted by molar-refractivity contribution is 7.92. The van der Waals surface area contributed by atoms with Crippen molar-refractivity contribution in [3.63, 3.8) is 0 Å². The zero-order valence-electron chi connectivity index (χ0n) is 17.7. The number of benzene rings is 2. The average molecular weight is 516 g/mol. The molecule has 0 aliphatic carbocycles. The van der Waals surface area contributed by atoms with Crippen molar-refractivity contribution in [3.05, 3.63) is 82.6 Å². The quantitative estimate of drug-likeness (QED) is 0.218. The van der Waals surface area contributed by atoms with Gasteiger partial charge in [0.25, 0.3) is 10.0 Å². The lowest BCUT2D eigenvalue weighted by molar-refractivity contribution is 0.103. The highest BCUT2D eigenvalue weighted by Gasteiger charge is 2.26. The number of rotatable bonds is 8. The van der Waals surface area contributed by atoms with Crippen molar-refractivity contribution < 1.29 is 22.0 Å². The van der Waals surface area contributed by atoms with E-state index in [1.54, 1.807) is 0 Å². The van der Waals surface area contributed by atoms with Gasteiger partial charge in [0.1, 0.15) is 11.5 Å². The molecule has 4 rings (SSSR count). The first kappa shape index (κ1) is 24.2. The number of fused-ring (bicyclic) bond motifs is 1. The molecule has 0 aliphatic heterocycles. The SMILES string of the molecule is N=CCC=Nc1ccc(S(=O)(=O)Nc2ccc(F)c(C(=O)c3c[nH]c4ncc(Cl)cc34)c2F)cc1. The first-order chi connectivity index (χ1) is 16.7. The van der Waals surface area contributed by atoms with Gasteiger partial charge in [-0.3, -0.25) is 14.5 Å². The first-order valence-electron chi connectivity index (χ1n) is 10.0. The Labute approximate surface area is 203 Å². The maximum atomic E-state index is 15.3. The molecule has 3 N–H and O–H groups in total. The van der Waals surface area contributed by atoms with Gasteiger partial charge >= 0.3 is 0 Å². The number of carbonyl (C=O) groups excluding carboxylic acids is 1. The third kappa shape index (κ3) is 4.96. The Kier molecular flexibility index (Phi) is 6.72. The summed E-state index contributed by atoms with van der Waals surface area (Å²) in [7, 11) is -4.27. The minimum atomic E-state index is -4.27. The number of nitrogens with zero attached hydrogens (tertiary/aromatic N) is 2. The molecule has 0 spiro atoms. The van der Waals surface area contributed by atoms with Crippen LogP contribution in [0.1, 0.15) is 22.3 Å². The Morgan fingerprint density at radius 1 is 1.20 bits per heavy atom. The molecule has 0 saturated carbocycles. The van der Waals surface area contributed by atoms with Crippen molar-refractivity contribution >= 4 is 62.2 Å². The van der Waals surface area contributed by atoms with Crippen molar-refractivity contribution in [2.45, 2.75) is 11.3 Å². The van der Waals surface area contributed by atoms with Crippen molar-refractivity contribution in [3.8, 4) is 0 Å². The highest BCUT2D eigenvalue weighted by Crippen LogP contribution is 2.29. The molecule has 12 heteroatoms. The number of sulfonamides is 1. The molecule has 0 bridgehead atoms. The van der Waals surface area contributed by atoms with Gasteiger partial charge in [-0.1, -0.05) is 11.6 Å². The largest absolute Gasteiger partial charge is 0.345 e. The number of aliphatic imine (C=N–C) groups is 1. The second kappa shape index (κ2) is 9.72. The average Bonchev–Trinajstić information content (AvgIpc) is 3.24. The van der Waals surface area contributed by atoms with Crippen LogP contribution in [-0.2, 0) is 10.0 Å². The Morgan fingerprint density at radius 2 is 1.94 bits per heavy atom. The Bertz CT molecular complexity index is 1590. The van der Waals surface area contributed by atoms with E-state index in [0.29, 0.717) is 17.8 Å². The van der Waals surface area contributed by atoms with Gasteiger partial charge in [-0.15, -0.1) is 0 Å². The molecule has 0 atom stereocenters. The number of nitrogens with one attached hydrogen (secondary N) is 3. The van der Waals surface area contributed by atoms with Crippen molar-refractivity contribution in [2.75, 3.05) is 4.72 Å². The minimum absolute atomic E-state index is 0.0769. The van der Waals surface area contributed by atoms with Crippen molar-refractivity contribution in [2.24, 2.45) is 4.99 Å². The van der Waals surface area contributed by atoms with Crippen LogP contribution >= 0.6 is 11.6 Å². The summed E-state index contributed by atoms with van der Waals surface area (Å²) in [5.74, 6) is -3.54. The van der Waals surface area contributed by atoms with E-state index in [1.165, 1.54) is 48.9 Å². The summed E-state index contributed by atoms with van der Waals surface area (Å²) in [4.78, 5) is 23.6. The smallest absolute Gasteiger partial charge is 0.261 e. The van der Waals surface area contributed by atoms with Gasteiger partial charge in [0.05, 0.1) is 26.9 Å². The van der Waals surface area contributed by atoms with E-state index in [9.17, 15) is 17.6 Å². The summed E-state index contributed by atoms with van der Waals surface area (Å²) >= 11 is 5.93.